The van der Waals surface area contributed by atoms with Gasteiger partial charge in [-0.2, -0.15) is 10.2 Å². The van der Waals surface area contributed by atoms with Crippen LogP contribution in [0.4, 0.5) is 0 Å². The average Bonchev–Trinajstić information content (AvgIpc) is 3.28. The highest BCUT2D eigenvalue weighted by atomic mass is 16.5. The maximum Gasteiger partial charge on any atom is 0.327 e. The van der Waals surface area contributed by atoms with Gasteiger partial charge in [-0.1, -0.05) is 18.2 Å². The van der Waals surface area contributed by atoms with Crippen molar-refractivity contribution in [2.75, 3.05) is 7.11 Å². The second kappa shape index (κ2) is 6.20. The summed E-state index contributed by atoms with van der Waals surface area (Å²) in [6, 6.07) is 11.7. The number of hydrogen-bond donors (Lipinski definition) is 0. The van der Waals surface area contributed by atoms with Gasteiger partial charge in [-0.25, -0.2) is 9.50 Å². The van der Waals surface area contributed by atoms with Gasteiger partial charge in [0.2, 0.25) is 0 Å². The first-order valence-electron chi connectivity index (χ1n) is 7.74. The maximum atomic E-state index is 11.4. The molecule has 0 radical (unpaired) electrons. The van der Waals surface area contributed by atoms with E-state index in [-0.39, 0.29) is 12.5 Å². The van der Waals surface area contributed by atoms with Crippen LogP contribution in [0.3, 0.4) is 0 Å². The molecule has 124 valence electrons. The Morgan fingerprint density at radius 1 is 1.16 bits per heavy atom. The Morgan fingerprint density at radius 3 is 2.92 bits per heavy atom. The molecule has 0 aliphatic heterocycles. The van der Waals surface area contributed by atoms with Crippen LogP contribution in [0, 0.1) is 0 Å². The van der Waals surface area contributed by atoms with E-state index in [9.17, 15) is 4.79 Å². The Labute approximate surface area is 143 Å². The number of esters is 1. The molecule has 0 N–H and O–H groups in total. The van der Waals surface area contributed by atoms with Gasteiger partial charge in [0.15, 0.2) is 5.65 Å². The van der Waals surface area contributed by atoms with Crippen LogP contribution in [0.1, 0.15) is 0 Å². The molecule has 4 aromatic rings. The third-order valence-electron chi connectivity index (χ3n) is 3.91. The molecule has 3 heterocycles. The second-order valence-corrected chi connectivity index (χ2v) is 5.50. The highest BCUT2D eigenvalue weighted by molar-refractivity contribution is 5.79. The van der Waals surface area contributed by atoms with Crippen molar-refractivity contribution in [3.8, 4) is 22.4 Å². The van der Waals surface area contributed by atoms with E-state index in [2.05, 4.69) is 19.9 Å². The van der Waals surface area contributed by atoms with Crippen molar-refractivity contribution in [1.29, 1.82) is 0 Å². The lowest BCUT2D eigenvalue weighted by Gasteiger charge is -2.03. The lowest BCUT2D eigenvalue weighted by atomic mass is 10.0. The van der Waals surface area contributed by atoms with Crippen LogP contribution < -0.4 is 0 Å². The van der Waals surface area contributed by atoms with Crippen molar-refractivity contribution in [2.24, 2.45) is 0 Å². The number of carbonyl (C=O) groups is 1. The van der Waals surface area contributed by atoms with Crippen molar-refractivity contribution < 1.29 is 9.53 Å². The number of fused-ring (bicyclic) bond motifs is 1. The minimum absolute atomic E-state index is 0.0914. The minimum Gasteiger partial charge on any atom is -0.468 e. The Hall–Kier alpha value is -3.48. The molecule has 0 spiro atoms. The van der Waals surface area contributed by atoms with E-state index in [1.165, 1.54) is 7.11 Å². The number of nitrogens with zero attached hydrogens (tertiary/aromatic N) is 5. The second-order valence-electron chi connectivity index (χ2n) is 5.50. The zero-order valence-electron chi connectivity index (χ0n) is 13.5. The van der Waals surface area contributed by atoms with E-state index in [4.69, 9.17) is 0 Å². The largest absolute Gasteiger partial charge is 0.468 e. The number of benzene rings is 1. The van der Waals surface area contributed by atoms with Crippen molar-refractivity contribution in [2.45, 2.75) is 6.54 Å². The van der Waals surface area contributed by atoms with Gasteiger partial charge < -0.3 is 4.74 Å². The van der Waals surface area contributed by atoms with Crippen LogP contribution >= 0.6 is 0 Å². The molecule has 4 rings (SSSR count). The smallest absolute Gasteiger partial charge is 0.327 e. The summed E-state index contributed by atoms with van der Waals surface area (Å²) < 4.78 is 7.97. The van der Waals surface area contributed by atoms with Crippen molar-refractivity contribution in [3.05, 3.63) is 61.2 Å². The number of ether oxygens (including phenoxy) is 1. The number of aromatic nitrogens is 5. The normalized spacial score (nSPS) is 10.9. The Bertz CT molecular complexity index is 1050. The fraction of sp³-hybridized carbons (Fsp3) is 0.111. The summed E-state index contributed by atoms with van der Waals surface area (Å²) in [5.41, 5.74) is 4.51. The number of hydrogen-bond acceptors (Lipinski definition) is 5. The summed E-state index contributed by atoms with van der Waals surface area (Å²) in [7, 11) is 1.36. The van der Waals surface area contributed by atoms with Gasteiger partial charge in [-0.3, -0.25) is 9.48 Å². The van der Waals surface area contributed by atoms with Gasteiger partial charge in [0, 0.05) is 29.7 Å². The first kappa shape index (κ1) is 15.1. The molecule has 0 aliphatic carbocycles. The molecule has 0 bridgehead atoms. The van der Waals surface area contributed by atoms with Crippen molar-refractivity contribution >= 4 is 11.6 Å². The van der Waals surface area contributed by atoms with Crippen LogP contribution in [0.15, 0.2) is 61.2 Å². The van der Waals surface area contributed by atoms with Gasteiger partial charge in [0.1, 0.15) is 6.54 Å². The zero-order valence-corrected chi connectivity index (χ0v) is 13.5. The van der Waals surface area contributed by atoms with Crippen molar-refractivity contribution in [3.63, 3.8) is 0 Å². The molecule has 0 amide bonds. The van der Waals surface area contributed by atoms with Crippen LogP contribution in [0.5, 0.6) is 0 Å². The van der Waals surface area contributed by atoms with E-state index >= 15 is 0 Å². The van der Waals surface area contributed by atoms with E-state index in [1.54, 1.807) is 27.8 Å². The van der Waals surface area contributed by atoms with E-state index in [0.29, 0.717) is 0 Å². The molecule has 7 heteroatoms. The summed E-state index contributed by atoms with van der Waals surface area (Å²) >= 11 is 0. The van der Waals surface area contributed by atoms with Gasteiger partial charge in [-0.15, -0.1) is 0 Å². The average molecular weight is 333 g/mol. The molecule has 0 saturated carbocycles. The third-order valence-corrected chi connectivity index (χ3v) is 3.91. The minimum atomic E-state index is -0.333. The molecular weight excluding hydrogens is 318 g/mol. The summed E-state index contributed by atoms with van der Waals surface area (Å²) in [5, 5.41) is 8.76. The summed E-state index contributed by atoms with van der Waals surface area (Å²) in [6.07, 6.45) is 7.18. The number of methoxy groups -OCH3 is 1. The Balaban J connectivity index is 1.69. The SMILES string of the molecule is COC(=O)Cn1ccc(-c2cccc(-c3cnn4cccnc34)c2)n1. The standard InChI is InChI=1S/C18H15N5O2/c1-25-17(24)12-22-9-6-16(21-22)14-5-2-4-13(10-14)15-11-20-23-8-3-7-19-18(15)23/h2-11H,12H2,1H3. The molecule has 0 saturated heterocycles. The monoisotopic (exact) mass is 333 g/mol. The molecule has 7 nitrogen and oxygen atoms in total. The molecule has 0 atom stereocenters. The molecular formula is C18H15N5O2. The van der Waals surface area contributed by atoms with Crippen LogP contribution in [0.25, 0.3) is 28.0 Å². The summed E-state index contributed by atoms with van der Waals surface area (Å²) in [4.78, 5) is 15.8. The molecule has 25 heavy (non-hydrogen) atoms. The van der Waals surface area contributed by atoms with Gasteiger partial charge in [0.05, 0.1) is 19.0 Å². The van der Waals surface area contributed by atoms with Crippen LogP contribution in [-0.2, 0) is 16.1 Å². The number of carbonyl (C=O) groups excluding carboxylic acids is 1. The lowest BCUT2D eigenvalue weighted by molar-refractivity contribution is -0.141. The quantitative estimate of drug-likeness (QED) is 0.536. The van der Waals surface area contributed by atoms with Gasteiger partial charge in [-0.05, 0) is 23.8 Å². The topological polar surface area (TPSA) is 74.3 Å². The lowest BCUT2D eigenvalue weighted by Crippen LogP contribution is -2.11. The highest BCUT2D eigenvalue weighted by Gasteiger charge is 2.10. The molecule has 0 unspecified atom stereocenters. The Kier molecular flexibility index (Phi) is 3.74. The molecule has 1 aromatic carbocycles. The fourth-order valence-corrected chi connectivity index (χ4v) is 2.68. The molecule has 0 fully saturated rings. The van der Waals surface area contributed by atoms with Crippen LogP contribution in [0.2, 0.25) is 0 Å². The number of rotatable bonds is 4. The first-order chi connectivity index (χ1) is 12.2. The summed E-state index contributed by atoms with van der Waals surface area (Å²) in [6.45, 7) is 0.0914. The third kappa shape index (κ3) is 2.87. The highest BCUT2D eigenvalue weighted by Crippen LogP contribution is 2.27. The first-order valence-corrected chi connectivity index (χ1v) is 7.74. The van der Waals surface area contributed by atoms with E-state index in [1.807, 2.05) is 42.6 Å². The van der Waals surface area contributed by atoms with Crippen LogP contribution in [-0.4, -0.2) is 37.5 Å². The van der Waals surface area contributed by atoms with Crippen molar-refractivity contribution in [1.82, 2.24) is 24.4 Å². The molecule has 3 aromatic heterocycles. The fourth-order valence-electron chi connectivity index (χ4n) is 2.68. The predicted octanol–water partition coefficient (Wildman–Crippen LogP) is 2.43. The maximum absolute atomic E-state index is 11.4. The summed E-state index contributed by atoms with van der Waals surface area (Å²) in [5.74, 6) is -0.333. The Morgan fingerprint density at radius 2 is 2.04 bits per heavy atom. The van der Waals surface area contributed by atoms with Gasteiger partial charge >= 0.3 is 5.97 Å². The van der Waals surface area contributed by atoms with E-state index in [0.717, 1.165) is 28.0 Å². The zero-order chi connectivity index (χ0) is 17.2. The van der Waals surface area contributed by atoms with Gasteiger partial charge in [0.25, 0.3) is 0 Å². The van der Waals surface area contributed by atoms with E-state index < -0.39 is 0 Å². The predicted molar refractivity (Wildman–Crippen MR) is 91.7 cm³/mol. The molecule has 0 aliphatic rings.